The minimum Gasteiger partial charge on any atom is -0.0850 e. The molecule has 8 heavy (non-hydrogen) atoms. The largest absolute Gasteiger partial charge is 0.0850 e. The zero-order valence-corrected chi connectivity index (χ0v) is 6.05. The van der Waals surface area contributed by atoms with Crippen LogP contribution in [-0.2, 0) is 0 Å². The van der Waals surface area contributed by atoms with Crippen LogP contribution >= 0.6 is 12.6 Å². The Morgan fingerprint density at radius 1 is 1.25 bits per heavy atom. The Morgan fingerprint density at radius 2 is 1.88 bits per heavy atom. The molecule has 1 radical (unpaired) electrons. The average molecular weight is 127 g/mol. The summed E-state index contributed by atoms with van der Waals surface area (Å²) in [4.78, 5) is 1.22. The van der Waals surface area contributed by atoms with Crippen molar-refractivity contribution < 1.29 is 0 Å². The molecule has 1 aliphatic rings. The molecule has 0 saturated heterocycles. The van der Waals surface area contributed by atoms with Crippen molar-refractivity contribution in [1.29, 1.82) is 0 Å². The first-order chi connectivity index (χ1) is 3.80. The molecule has 0 aliphatic heterocycles. The summed E-state index contributed by atoms with van der Waals surface area (Å²) in [5, 5.41) is 0. The number of allylic oxidation sites excluding steroid dienone is 2. The Hall–Kier alpha value is -0.0400. The standard InChI is InChI=1S/C7H11S/c1-6-4-2-3-5-7(6)8/h2-5H2,1H3. The van der Waals surface area contributed by atoms with Gasteiger partial charge in [0.15, 0.2) is 0 Å². The van der Waals surface area contributed by atoms with Gasteiger partial charge in [0.2, 0.25) is 0 Å². The molecule has 0 aromatic rings. The lowest BCUT2D eigenvalue weighted by atomic mass is 10.0. The quantitative estimate of drug-likeness (QED) is 0.469. The van der Waals surface area contributed by atoms with E-state index in [0.29, 0.717) is 0 Å². The molecule has 45 valence electrons. The Kier molecular flexibility index (Phi) is 1.90. The highest BCUT2D eigenvalue weighted by molar-refractivity contribution is 7.84. The minimum atomic E-state index is 1.17. The third-order valence-corrected chi connectivity index (χ3v) is 2.23. The normalized spacial score (nSPS) is 21.6. The fourth-order valence-corrected chi connectivity index (χ4v) is 1.27. The van der Waals surface area contributed by atoms with Gasteiger partial charge >= 0.3 is 0 Å². The summed E-state index contributed by atoms with van der Waals surface area (Å²) >= 11 is 5.09. The van der Waals surface area contributed by atoms with Gasteiger partial charge in [-0.2, -0.15) is 0 Å². The molecule has 1 heteroatoms. The summed E-state index contributed by atoms with van der Waals surface area (Å²) in [6.45, 7) is 2.15. The smallest absolute Gasteiger partial charge is 0.0141 e. The summed E-state index contributed by atoms with van der Waals surface area (Å²) in [6.07, 6.45) is 5.09. The summed E-state index contributed by atoms with van der Waals surface area (Å²) in [5.41, 5.74) is 1.45. The first-order valence-corrected chi connectivity index (χ1v) is 3.57. The molecule has 0 bridgehead atoms. The lowest BCUT2D eigenvalue weighted by Crippen LogP contribution is -1.90. The van der Waals surface area contributed by atoms with E-state index in [4.69, 9.17) is 12.6 Å². The lowest BCUT2D eigenvalue weighted by molar-refractivity contribution is 0.695. The Labute approximate surface area is 56.4 Å². The van der Waals surface area contributed by atoms with Crippen LogP contribution in [0.5, 0.6) is 0 Å². The zero-order chi connectivity index (χ0) is 5.98. The molecule has 0 aromatic carbocycles. The highest BCUT2D eigenvalue weighted by Gasteiger charge is 2.04. The van der Waals surface area contributed by atoms with Crippen LogP contribution in [0.3, 0.4) is 0 Å². The second-order valence-electron chi connectivity index (χ2n) is 2.41. The van der Waals surface area contributed by atoms with E-state index in [1.54, 1.807) is 0 Å². The maximum absolute atomic E-state index is 5.09. The van der Waals surface area contributed by atoms with Crippen molar-refractivity contribution in [3.63, 3.8) is 0 Å². The first kappa shape index (κ1) is 6.09. The highest BCUT2D eigenvalue weighted by atomic mass is 32.1. The predicted octanol–water partition coefficient (Wildman–Crippen LogP) is 3.03. The van der Waals surface area contributed by atoms with Crippen molar-refractivity contribution in [2.45, 2.75) is 32.6 Å². The van der Waals surface area contributed by atoms with Gasteiger partial charge in [0, 0.05) is 4.91 Å². The molecule has 1 rings (SSSR count). The van der Waals surface area contributed by atoms with E-state index in [1.165, 1.54) is 36.2 Å². The van der Waals surface area contributed by atoms with Gasteiger partial charge in [-0.3, -0.25) is 0 Å². The third kappa shape index (κ3) is 1.22. The van der Waals surface area contributed by atoms with Crippen LogP contribution in [0.4, 0.5) is 0 Å². The van der Waals surface area contributed by atoms with Crippen LogP contribution in [0.15, 0.2) is 10.5 Å². The van der Waals surface area contributed by atoms with Crippen molar-refractivity contribution in [2.75, 3.05) is 0 Å². The van der Waals surface area contributed by atoms with Crippen LogP contribution in [0.1, 0.15) is 32.6 Å². The van der Waals surface area contributed by atoms with E-state index < -0.39 is 0 Å². The second-order valence-corrected chi connectivity index (χ2v) is 2.90. The van der Waals surface area contributed by atoms with Gasteiger partial charge in [-0.15, -0.1) is 0 Å². The van der Waals surface area contributed by atoms with Crippen LogP contribution in [-0.4, -0.2) is 0 Å². The van der Waals surface area contributed by atoms with Gasteiger partial charge in [-0.25, -0.2) is 0 Å². The van der Waals surface area contributed by atoms with Crippen molar-refractivity contribution >= 4 is 12.6 Å². The van der Waals surface area contributed by atoms with E-state index in [2.05, 4.69) is 6.92 Å². The third-order valence-electron chi connectivity index (χ3n) is 1.68. The van der Waals surface area contributed by atoms with Gasteiger partial charge in [0.25, 0.3) is 0 Å². The number of hydrogen-bond donors (Lipinski definition) is 0. The lowest BCUT2D eigenvalue weighted by Gasteiger charge is -2.10. The van der Waals surface area contributed by atoms with Gasteiger partial charge in [0.1, 0.15) is 0 Å². The Balaban J connectivity index is 2.60. The van der Waals surface area contributed by atoms with Crippen molar-refractivity contribution in [2.24, 2.45) is 0 Å². The van der Waals surface area contributed by atoms with E-state index in [9.17, 15) is 0 Å². The summed E-state index contributed by atoms with van der Waals surface area (Å²) in [6, 6.07) is 0. The van der Waals surface area contributed by atoms with Gasteiger partial charge < -0.3 is 0 Å². The fraction of sp³-hybridized carbons (Fsp3) is 0.714. The molecule has 0 saturated carbocycles. The zero-order valence-electron chi connectivity index (χ0n) is 5.24. The van der Waals surface area contributed by atoms with E-state index >= 15 is 0 Å². The van der Waals surface area contributed by atoms with Crippen molar-refractivity contribution in [3.8, 4) is 0 Å². The highest BCUT2D eigenvalue weighted by Crippen LogP contribution is 2.25. The number of rotatable bonds is 0. The van der Waals surface area contributed by atoms with Crippen LogP contribution in [0.2, 0.25) is 0 Å². The van der Waals surface area contributed by atoms with Gasteiger partial charge in [-0.05, 0) is 32.6 Å². The molecule has 0 fully saturated rings. The van der Waals surface area contributed by atoms with Crippen LogP contribution < -0.4 is 0 Å². The summed E-state index contributed by atoms with van der Waals surface area (Å²) in [5.74, 6) is 0. The maximum Gasteiger partial charge on any atom is 0.0141 e. The molecular formula is C7H11S. The first-order valence-electron chi connectivity index (χ1n) is 3.16. The molecule has 0 N–H and O–H groups in total. The van der Waals surface area contributed by atoms with Gasteiger partial charge in [0.05, 0.1) is 0 Å². The maximum atomic E-state index is 5.09. The average Bonchev–Trinajstić information content (AvgIpc) is 1.77. The SMILES string of the molecule is CC1=C([S])CCCC1. The van der Waals surface area contributed by atoms with Crippen molar-refractivity contribution in [1.82, 2.24) is 0 Å². The molecule has 0 unspecified atom stereocenters. The topological polar surface area (TPSA) is 0 Å². The predicted molar refractivity (Wildman–Crippen MR) is 38.8 cm³/mol. The molecule has 1 aliphatic carbocycles. The van der Waals surface area contributed by atoms with Crippen LogP contribution in [0, 0.1) is 0 Å². The van der Waals surface area contributed by atoms with E-state index in [-0.39, 0.29) is 0 Å². The fourth-order valence-electron chi connectivity index (χ4n) is 1.03. The molecule has 0 amide bonds. The number of hydrogen-bond acceptors (Lipinski definition) is 0. The minimum absolute atomic E-state index is 1.17. The molecule has 0 heterocycles. The van der Waals surface area contributed by atoms with Crippen LogP contribution in [0.25, 0.3) is 0 Å². The summed E-state index contributed by atoms with van der Waals surface area (Å²) < 4.78 is 0. The Morgan fingerprint density at radius 3 is 2.25 bits per heavy atom. The van der Waals surface area contributed by atoms with E-state index in [1.807, 2.05) is 0 Å². The monoisotopic (exact) mass is 127 g/mol. The molecule has 0 nitrogen and oxygen atoms in total. The molecule has 0 aromatic heterocycles. The van der Waals surface area contributed by atoms with Crippen molar-refractivity contribution in [3.05, 3.63) is 10.5 Å². The molecule has 0 spiro atoms. The van der Waals surface area contributed by atoms with Gasteiger partial charge in [-0.1, -0.05) is 18.2 Å². The molecular weight excluding hydrogens is 116 g/mol. The Bertz CT molecular complexity index is 99.6. The van der Waals surface area contributed by atoms with E-state index in [0.717, 1.165) is 0 Å². The molecule has 0 atom stereocenters. The second kappa shape index (κ2) is 2.49. The summed E-state index contributed by atoms with van der Waals surface area (Å²) in [7, 11) is 0.